The molecule has 1 aliphatic heterocycles. The van der Waals surface area contributed by atoms with E-state index in [-0.39, 0.29) is 0 Å². The normalized spacial score (nSPS) is 18.8. The monoisotopic (exact) mass is 286 g/mol. The fourth-order valence-corrected chi connectivity index (χ4v) is 2.83. The lowest BCUT2D eigenvalue weighted by Crippen LogP contribution is -2.39. The zero-order valence-electron chi connectivity index (χ0n) is 11.9. The molecule has 2 N–H and O–H groups in total. The molecular weight excluding hydrogens is 268 g/mol. The van der Waals surface area contributed by atoms with Gasteiger partial charge in [0, 0.05) is 18.0 Å². The maximum absolute atomic E-state index is 11.2. The van der Waals surface area contributed by atoms with E-state index in [1.165, 1.54) is 0 Å². The van der Waals surface area contributed by atoms with E-state index in [1.807, 2.05) is 36.4 Å². The third-order valence-corrected chi connectivity index (χ3v) is 3.85. The lowest BCUT2D eigenvalue weighted by atomic mass is 10.1. The summed E-state index contributed by atoms with van der Waals surface area (Å²) in [6, 6.07) is 11.4. The largest absolute Gasteiger partial charge is 0.496 e. The van der Waals surface area contributed by atoms with Crippen LogP contribution in [0.2, 0.25) is 0 Å². The number of carboxylic acid groups (broad SMARTS) is 1. The number of anilines is 1. The molecule has 2 aromatic carbocycles. The Kier molecular flexibility index (Phi) is 3.66. The fraction of sp³-hybridized carbons (Fsp3) is 0.312. The SMILES string of the molecule is COc1cc(NN2CCC[C@H]2C(=O)O)cc2ccccc12. The topological polar surface area (TPSA) is 61.8 Å². The Morgan fingerprint density at radius 1 is 1.38 bits per heavy atom. The van der Waals surface area contributed by atoms with Gasteiger partial charge in [0.25, 0.3) is 0 Å². The highest BCUT2D eigenvalue weighted by Gasteiger charge is 2.30. The zero-order chi connectivity index (χ0) is 14.8. The molecular formula is C16H18N2O3. The Hall–Kier alpha value is -2.27. The number of rotatable bonds is 4. The molecule has 5 heteroatoms. The average molecular weight is 286 g/mol. The molecule has 0 spiro atoms. The molecule has 0 amide bonds. The van der Waals surface area contributed by atoms with Crippen molar-refractivity contribution < 1.29 is 14.6 Å². The van der Waals surface area contributed by atoms with Crippen molar-refractivity contribution in [3.63, 3.8) is 0 Å². The minimum absolute atomic E-state index is 0.470. The van der Waals surface area contributed by atoms with Crippen LogP contribution >= 0.6 is 0 Å². The van der Waals surface area contributed by atoms with E-state index in [0.717, 1.165) is 35.2 Å². The summed E-state index contributed by atoms with van der Waals surface area (Å²) in [6.45, 7) is 0.728. The van der Waals surface area contributed by atoms with Gasteiger partial charge in [-0.1, -0.05) is 24.3 Å². The number of carboxylic acids is 1. The minimum atomic E-state index is -0.784. The third-order valence-electron chi connectivity index (χ3n) is 3.85. The summed E-state index contributed by atoms with van der Waals surface area (Å²) in [5, 5.41) is 13.1. The van der Waals surface area contributed by atoms with Crippen LogP contribution in [-0.2, 0) is 4.79 Å². The number of aliphatic carboxylic acids is 1. The van der Waals surface area contributed by atoms with Gasteiger partial charge in [-0.05, 0) is 24.3 Å². The molecule has 0 unspecified atom stereocenters. The van der Waals surface area contributed by atoms with Crippen molar-refractivity contribution in [2.45, 2.75) is 18.9 Å². The standard InChI is InChI=1S/C16H18N2O3/c1-21-15-10-12(9-11-5-2-3-6-13(11)15)17-18-8-4-7-14(18)16(19)20/h2-3,5-6,9-10,14,17H,4,7-8H2,1H3,(H,19,20)/t14-/m0/s1. The highest BCUT2D eigenvalue weighted by molar-refractivity contribution is 5.91. The second-order valence-corrected chi connectivity index (χ2v) is 5.20. The molecule has 0 saturated carbocycles. The van der Waals surface area contributed by atoms with E-state index in [4.69, 9.17) is 4.74 Å². The molecule has 1 aliphatic rings. The Labute approximate surface area is 123 Å². The van der Waals surface area contributed by atoms with Gasteiger partial charge in [-0.2, -0.15) is 0 Å². The zero-order valence-corrected chi connectivity index (χ0v) is 11.9. The van der Waals surface area contributed by atoms with Crippen LogP contribution in [0.1, 0.15) is 12.8 Å². The van der Waals surface area contributed by atoms with Crippen molar-refractivity contribution in [1.82, 2.24) is 5.01 Å². The van der Waals surface area contributed by atoms with E-state index < -0.39 is 12.0 Å². The predicted molar refractivity (Wildman–Crippen MR) is 81.5 cm³/mol. The predicted octanol–water partition coefficient (Wildman–Crippen LogP) is 2.72. The fourth-order valence-electron chi connectivity index (χ4n) is 2.83. The van der Waals surface area contributed by atoms with Gasteiger partial charge in [-0.15, -0.1) is 0 Å². The van der Waals surface area contributed by atoms with Crippen molar-refractivity contribution in [3.05, 3.63) is 36.4 Å². The van der Waals surface area contributed by atoms with Crippen molar-refractivity contribution in [1.29, 1.82) is 0 Å². The Morgan fingerprint density at radius 2 is 2.19 bits per heavy atom. The van der Waals surface area contributed by atoms with Crippen molar-refractivity contribution in [2.75, 3.05) is 19.1 Å². The van der Waals surface area contributed by atoms with E-state index in [2.05, 4.69) is 5.43 Å². The van der Waals surface area contributed by atoms with Crippen LogP contribution in [-0.4, -0.2) is 35.8 Å². The first-order valence-electron chi connectivity index (χ1n) is 7.02. The first kappa shape index (κ1) is 13.7. The van der Waals surface area contributed by atoms with E-state index >= 15 is 0 Å². The van der Waals surface area contributed by atoms with Gasteiger partial charge in [0.05, 0.1) is 12.8 Å². The Bertz CT molecular complexity index is 672. The molecule has 5 nitrogen and oxygen atoms in total. The molecule has 2 aromatic rings. The van der Waals surface area contributed by atoms with E-state index in [9.17, 15) is 9.90 Å². The lowest BCUT2D eigenvalue weighted by molar-refractivity contribution is -0.141. The summed E-state index contributed by atoms with van der Waals surface area (Å²) in [4.78, 5) is 11.2. The van der Waals surface area contributed by atoms with Crippen LogP contribution in [0.5, 0.6) is 5.75 Å². The Balaban J connectivity index is 1.92. The highest BCUT2D eigenvalue weighted by Crippen LogP contribution is 2.30. The van der Waals surface area contributed by atoms with E-state index in [0.29, 0.717) is 6.42 Å². The van der Waals surface area contributed by atoms with Crippen molar-refractivity contribution in [2.24, 2.45) is 0 Å². The van der Waals surface area contributed by atoms with E-state index in [1.54, 1.807) is 12.1 Å². The molecule has 0 bridgehead atoms. The van der Waals surface area contributed by atoms with Crippen LogP contribution in [0.3, 0.4) is 0 Å². The maximum atomic E-state index is 11.2. The molecule has 0 aliphatic carbocycles. The first-order valence-corrected chi connectivity index (χ1v) is 7.02. The number of hydrazine groups is 1. The van der Waals surface area contributed by atoms with Crippen LogP contribution in [0.4, 0.5) is 5.69 Å². The molecule has 0 aromatic heterocycles. The second-order valence-electron chi connectivity index (χ2n) is 5.20. The summed E-state index contributed by atoms with van der Waals surface area (Å²) in [6.07, 6.45) is 1.56. The Morgan fingerprint density at radius 3 is 2.95 bits per heavy atom. The quantitative estimate of drug-likeness (QED) is 0.905. The number of benzene rings is 2. The second kappa shape index (κ2) is 5.61. The average Bonchev–Trinajstić information content (AvgIpc) is 2.94. The molecule has 3 rings (SSSR count). The van der Waals surface area contributed by atoms with Crippen LogP contribution in [0.25, 0.3) is 10.8 Å². The van der Waals surface area contributed by atoms with Crippen molar-refractivity contribution in [3.8, 4) is 5.75 Å². The molecule has 0 radical (unpaired) electrons. The highest BCUT2D eigenvalue weighted by atomic mass is 16.5. The molecule has 21 heavy (non-hydrogen) atoms. The van der Waals surface area contributed by atoms with Gasteiger partial charge < -0.3 is 15.3 Å². The third kappa shape index (κ3) is 2.64. The maximum Gasteiger partial charge on any atom is 0.322 e. The van der Waals surface area contributed by atoms with Gasteiger partial charge in [-0.25, -0.2) is 5.01 Å². The van der Waals surface area contributed by atoms with Crippen LogP contribution in [0, 0.1) is 0 Å². The number of carbonyl (C=O) groups is 1. The first-order chi connectivity index (χ1) is 10.2. The van der Waals surface area contributed by atoms with Gasteiger partial charge >= 0.3 is 5.97 Å². The summed E-state index contributed by atoms with van der Waals surface area (Å²) >= 11 is 0. The number of hydrogen-bond acceptors (Lipinski definition) is 4. The molecule has 1 atom stereocenters. The number of fused-ring (bicyclic) bond motifs is 1. The molecule has 1 saturated heterocycles. The van der Waals surface area contributed by atoms with Gasteiger partial charge in [0.2, 0.25) is 0 Å². The lowest BCUT2D eigenvalue weighted by Gasteiger charge is -2.23. The number of nitrogens with one attached hydrogen (secondary N) is 1. The number of ether oxygens (including phenoxy) is 1. The van der Waals surface area contributed by atoms with Gasteiger partial charge in [0.1, 0.15) is 11.8 Å². The summed E-state index contributed by atoms with van der Waals surface area (Å²) in [5.74, 6) is -0.00516. The number of hydrogen-bond donors (Lipinski definition) is 2. The van der Waals surface area contributed by atoms with Crippen molar-refractivity contribution >= 4 is 22.4 Å². The number of methoxy groups -OCH3 is 1. The summed E-state index contributed by atoms with van der Waals surface area (Å²) in [7, 11) is 1.64. The van der Waals surface area contributed by atoms with Crippen LogP contribution in [0.15, 0.2) is 36.4 Å². The molecule has 110 valence electrons. The molecule has 1 fully saturated rings. The van der Waals surface area contributed by atoms with Gasteiger partial charge in [0.15, 0.2) is 0 Å². The number of nitrogens with zero attached hydrogens (tertiary/aromatic N) is 1. The molecule has 1 heterocycles. The van der Waals surface area contributed by atoms with Gasteiger partial charge in [-0.3, -0.25) is 4.79 Å². The smallest absolute Gasteiger partial charge is 0.322 e. The summed E-state index contributed by atoms with van der Waals surface area (Å²) in [5.41, 5.74) is 4.06. The summed E-state index contributed by atoms with van der Waals surface area (Å²) < 4.78 is 5.43. The minimum Gasteiger partial charge on any atom is -0.496 e. The van der Waals surface area contributed by atoms with Crippen LogP contribution < -0.4 is 10.2 Å².